The minimum Gasteiger partial charge on any atom is -0.330 e. The van der Waals surface area contributed by atoms with Crippen LogP contribution in [0.4, 0.5) is 0 Å². The average Bonchev–Trinajstić information content (AvgIpc) is 3.61. The second-order valence-electron chi connectivity index (χ2n) is 9.21. The Morgan fingerprint density at radius 1 is 0.943 bits per heavy atom. The number of nitrogens with zero attached hydrogens (tertiary/aromatic N) is 2. The van der Waals surface area contributed by atoms with Crippen molar-refractivity contribution in [2.45, 2.75) is 36.2 Å². The molecule has 35 heavy (non-hydrogen) atoms. The number of hydrogen-bond donors (Lipinski definition) is 0. The van der Waals surface area contributed by atoms with Crippen LogP contribution in [-0.2, 0) is 21.2 Å². The second-order valence-corrected chi connectivity index (χ2v) is 12.1. The van der Waals surface area contributed by atoms with Gasteiger partial charge in [-0.1, -0.05) is 66.7 Å². The van der Waals surface area contributed by atoms with Crippen molar-refractivity contribution in [3.8, 4) is 0 Å². The number of hydrogen-bond acceptors (Lipinski definition) is 4. The lowest BCUT2D eigenvalue weighted by Crippen LogP contribution is -2.47. The van der Waals surface area contributed by atoms with E-state index in [9.17, 15) is 13.2 Å². The second kappa shape index (κ2) is 8.90. The number of sulfonamides is 1. The largest absolute Gasteiger partial charge is 0.330 e. The van der Waals surface area contributed by atoms with E-state index in [1.54, 1.807) is 23.5 Å². The maximum atomic E-state index is 13.9. The van der Waals surface area contributed by atoms with Gasteiger partial charge in [0.1, 0.15) is 0 Å². The standard InChI is InChI=1S/C28H26N2O3S2/c31-27(29-17-15-25-24(16-18-34-25)28(29)21-8-2-1-3-9-21)19-30(22-13-14-22)35(32,33)26-12-6-10-20-7-4-5-11-23(20)26/h1-12,16,18,22,28H,13-15,17,19H2/t28-/m1/s1. The van der Waals surface area contributed by atoms with Crippen LogP contribution in [-0.4, -0.2) is 42.7 Å². The molecule has 0 saturated heterocycles. The molecule has 178 valence electrons. The number of carbonyl (C=O) groups is 1. The zero-order valence-corrected chi connectivity index (χ0v) is 20.8. The van der Waals surface area contributed by atoms with Crippen LogP contribution in [0, 0.1) is 0 Å². The maximum Gasteiger partial charge on any atom is 0.244 e. The molecule has 1 aliphatic carbocycles. The van der Waals surface area contributed by atoms with Crippen molar-refractivity contribution >= 4 is 38.0 Å². The fraction of sp³-hybridized carbons (Fsp3) is 0.250. The fourth-order valence-corrected chi connectivity index (χ4v) is 7.88. The van der Waals surface area contributed by atoms with Crippen LogP contribution in [0.15, 0.2) is 89.1 Å². The summed E-state index contributed by atoms with van der Waals surface area (Å²) in [5.41, 5.74) is 2.20. The molecule has 0 radical (unpaired) electrons. The first kappa shape index (κ1) is 22.5. The third-order valence-electron chi connectivity index (χ3n) is 6.98. The molecule has 1 amide bonds. The molecule has 4 aromatic rings. The Hall–Kier alpha value is -3.00. The van der Waals surface area contributed by atoms with Crippen LogP contribution in [0.1, 0.15) is 34.9 Å². The van der Waals surface area contributed by atoms with Gasteiger partial charge in [-0.3, -0.25) is 4.79 Å². The summed E-state index contributed by atoms with van der Waals surface area (Å²) in [6.07, 6.45) is 2.36. The minimum atomic E-state index is -3.84. The molecule has 0 unspecified atom stereocenters. The van der Waals surface area contributed by atoms with Crippen molar-refractivity contribution in [2.24, 2.45) is 0 Å². The summed E-state index contributed by atoms with van der Waals surface area (Å²) in [6, 6.07) is 24.7. The molecule has 1 saturated carbocycles. The Morgan fingerprint density at radius 2 is 1.69 bits per heavy atom. The number of amides is 1. The van der Waals surface area contributed by atoms with Gasteiger partial charge in [0.15, 0.2) is 0 Å². The fourth-order valence-electron chi connectivity index (χ4n) is 5.12. The van der Waals surface area contributed by atoms with Gasteiger partial charge in [-0.25, -0.2) is 8.42 Å². The number of benzene rings is 3. The number of thiophene rings is 1. The van der Waals surface area contributed by atoms with E-state index < -0.39 is 10.0 Å². The van der Waals surface area contributed by atoms with Gasteiger partial charge in [-0.2, -0.15) is 4.31 Å². The third-order valence-corrected chi connectivity index (χ3v) is 9.94. The lowest BCUT2D eigenvalue weighted by atomic mass is 9.93. The zero-order chi connectivity index (χ0) is 24.0. The lowest BCUT2D eigenvalue weighted by Gasteiger charge is -2.37. The molecule has 1 aromatic heterocycles. The predicted molar refractivity (Wildman–Crippen MR) is 139 cm³/mol. The molecule has 0 spiro atoms. The molecular formula is C28H26N2O3S2. The summed E-state index contributed by atoms with van der Waals surface area (Å²) in [5, 5.41) is 3.65. The number of fused-ring (bicyclic) bond motifs is 2. The van der Waals surface area contributed by atoms with Gasteiger partial charge in [-0.05, 0) is 53.3 Å². The van der Waals surface area contributed by atoms with Gasteiger partial charge in [0.25, 0.3) is 0 Å². The van der Waals surface area contributed by atoms with Gasteiger partial charge in [0, 0.05) is 22.8 Å². The van der Waals surface area contributed by atoms with Crippen molar-refractivity contribution in [3.05, 3.63) is 100 Å². The molecule has 3 aromatic carbocycles. The van der Waals surface area contributed by atoms with E-state index in [0.717, 1.165) is 35.8 Å². The van der Waals surface area contributed by atoms with E-state index in [-0.39, 0.29) is 29.4 Å². The molecule has 1 fully saturated rings. The molecular weight excluding hydrogens is 476 g/mol. The minimum absolute atomic E-state index is 0.125. The quantitative estimate of drug-likeness (QED) is 0.363. The van der Waals surface area contributed by atoms with E-state index in [4.69, 9.17) is 0 Å². The van der Waals surface area contributed by atoms with Crippen molar-refractivity contribution in [3.63, 3.8) is 0 Å². The highest BCUT2D eigenvalue weighted by molar-refractivity contribution is 7.89. The van der Waals surface area contributed by atoms with Gasteiger partial charge in [0.2, 0.25) is 15.9 Å². The van der Waals surface area contributed by atoms with Crippen LogP contribution in [0.2, 0.25) is 0 Å². The molecule has 0 bridgehead atoms. The summed E-state index contributed by atoms with van der Waals surface area (Å²) in [7, 11) is -3.84. The lowest BCUT2D eigenvalue weighted by molar-refractivity contribution is -0.133. The van der Waals surface area contributed by atoms with Crippen molar-refractivity contribution in [1.29, 1.82) is 0 Å². The average molecular weight is 503 g/mol. The number of rotatable bonds is 6. The maximum absolute atomic E-state index is 13.9. The highest BCUT2D eigenvalue weighted by Gasteiger charge is 2.42. The molecule has 6 rings (SSSR count). The Labute approximate surface area is 209 Å². The molecule has 7 heteroatoms. The van der Waals surface area contributed by atoms with Crippen LogP contribution < -0.4 is 0 Å². The van der Waals surface area contributed by atoms with Crippen LogP contribution in [0.3, 0.4) is 0 Å². The normalized spacial score (nSPS) is 18.1. The van der Waals surface area contributed by atoms with E-state index in [0.29, 0.717) is 11.9 Å². The van der Waals surface area contributed by atoms with Crippen LogP contribution >= 0.6 is 11.3 Å². The summed E-state index contributed by atoms with van der Waals surface area (Å²) < 4.78 is 29.3. The highest BCUT2D eigenvalue weighted by atomic mass is 32.2. The van der Waals surface area contributed by atoms with E-state index in [2.05, 4.69) is 11.4 Å². The van der Waals surface area contributed by atoms with Crippen molar-refractivity contribution in [2.75, 3.05) is 13.1 Å². The Balaban J connectivity index is 1.35. The first-order valence-corrected chi connectivity index (χ1v) is 14.3. The summed E-state index contributed by atoms with van der Waals surface area (Å²) >= 11 is 1.72. The SMILES string of the molecule is O=C(CN(C1CC1)S(=O)(=O)c1cccc2ccccc12)N1CCc2sccc2[C@H]1c1ccccc1. The Kier molecular flexibility index (Phi) is 5.71. The third kappa shape index (κ3) is 4.07. The Morgan fingerprint density at radius 3 is 2.49 bits per heavy atom. The molecule has 1 atom stereocenters. The summed E-state index contributed by atoms with van der Waals surface area (Å²) in [4.78, 5) is 17.3. The monoisotopic (exact) mass is 502 g/mol. The molecule has 2 aliphatic rings. The molecule has 0 N–H and O–H groups in total. The van der Waals surface area contributed by atoms with Gasteiger partial charge in [0.05, 0.1) is 17.5 Å². The van der Waals surface area contributed by atoms with Crippen molar-refractivity contribution in [1.82, 2.24) is 9.21 Å². The van der Waals surface area contributed by atoms with E-state index >= 15 is 0 Å². The van der Waals surface area contributed by atoms with Gasteiger partial charge in [-0.15, -0.1) is 11.3 Å². The van der Waals surface area contributed by atoms with Crippen molar-refractivity contribution < 1.29 is 13.2 Å². The highest BCUT2D eigenvalue weighted by Crippen LogP contribution is 2.39. The summed E-state index contributed by atoms with van der Waals surface area (Å²) in [6.45, 7) is 0.442. The molecule has 5 nitrogen and oxygen atoms in total. The first-order valence-electron chi connectivity index (χ1n) is 11.9. The smallest absolute Gasteiger partial charge is 0.244 e. The number of carbonyl (C=O) groups excluding carboxylic acids is 1. The predicted octanol–water partition coefficient (Wildman–Crippen LogP) is 5.23. The molecule has 1 aliphatic heterocycles. The van der Waals surface area contributed by atoms with Gasteiger partial charge >= 0.3 is 0 Å². The van der Waals surface area contributed by atoms with Crippen LogP contribution in [0.25, 0.3) is 10.8 Å². The molecule has 2 heterocycles. The van der Waals surface area contributed by atoms with E-state index in [1.165, 1.54) is 9.18 Å². The topological polar surface area (TPSA) is 57.7 Å². The summed E-state index contributed by atoms with van der Waals surface area (Å²) in [5.74, 6) is -0.147. The van der Waals surface area contributed by atoms with Crippen LogP contribution in [0.5, 0.6) is 0 Å². The van der Waals surface area contributed by atoms with E-state index in [1.807, 2.05) is 65.6 Å². The first-order chi connectivity index (χ1) is 17.0. The van der Waals surface area contributed by atoms with Gasteiger partial charge < -0.3 is 4.90 Å². The zero-order valence-electron chi connectivity index (χ0n) is 19.2. The Bertz CT molecular complexity index is 1490.